The molecule has 3 aliphatic heterocycles. The highest BCUT2D eigenvalue weighted by Crippen LogP contribution is 2.39. The smallest absolute Gasteiger partial charge is 0.325 e. The number of hydrogen-bond donors (Lipinski definition) is 1. The number of nitrogens with one attached hydrogen (secondary N) is 1. The summed E-state index contributed by atoms with van der Waals surface area (Å²) in [5.41, 5.74) is -0.866. The summed E-state index contributed by atoms with van der Waals surface area (Å²) < 4.78 is 10.6. The van der Waals surface area contributed by atoms with Crippen molar-refractivity contribution in [3.63, 3.8) is 0 Å². The van der Waals surface area contributed by atoms with Gasteiger partial charge in [0.2, 0.25) is 0 Å². The van der Waals surface area contributed by atoms with E-state index in [-0.39, 0.29) is 29.6 Å². The van der Waals surface area contributed by atoms with Gasteiger partial charge in [0.25, 0.3) is 5.91 Å². The molecule has 112 valence electrons. The molecule has 2 atom stereocenters. The quantitative estimate of drug-likeness (QED) is 0.600. The summed E-state index contributed by atoms with van der Waals surface area (Å²) in [7, 11) is 0. The average Bonchev–Trinajstić information content (AvgIpc) is 3.18. The fraction of sp³-hybridized carbons (Fsp3) is 0.857. The first kappa shape index (κ1) is 13.8. The van der Waals surface area contributed by atoms with Crippen LogP contribution in [0.2, 0.25) is 0 Å². The lowest BCUT2D eigenvalue weighted by molar-refractivity contribution is -0.128. The van der Waals surface area contributed by atoms with Gasteiger partial charge in [-0.25, -0.2) is 4.79 Å². The highest BCUT2D eigenvalue weighted by atomic mass is 16.6. The van der Waals surface area contributed by atoms with Crippen LogP contribution < -0.4 is 5.32 Å². The molecule has 6 heteroatoms. The van der Waals surface area contributed by atoms with Crippen LogP contribution in [0, 0.1) is 5.41 Å². The first-order valence-electron chi connectivity index (χ1n) is 7.16. The Labute approximate surface area is 118 Å². The third-order valence-electron chi connectivity index (χ3n) is 3.97. The first-order valence-corrected chi connectivity index (χ1v) is 7.16. The molecule has 0 aromatic heterocycles. The molecule has 3 saturated heterocycles. The van der Waals surface area contributed by atoms with Gasteiger partial charge < -0.3 is 14.4 Å². The van der Waals surface area contributed by atoms with Gasteiger partial charge in [-0.1, -0.05) is 20.8 Å². The van der Waals surface area contributed by atoms with Gasteiger partial charge >= 0.3 is 6.03 Å². The summed E-state index contributed by atoms with van der Waals surface area (Å²) in [5.74, 6) is -0.197. The molecule has 0 radical (unpaired) electrons. The van der Waals surface area contributed by atoms with Gasteiger partial charge in [0.15, 0.2) is 0 Å². The van der Waals surface area contributed by atoms with Gasteiger partial charge in [0.05, 0.1) is 25.4 Å². The van der Waals surface area contributed by atoms with E-state index in [1.54, 1.807) is 4.90 Å². The summed E-state index contributed by atoms with van der Waals surface area (Å²) in [5, 5.41) is 2.48. The predicted octanol–water partition coefficient (Wildman–Crippen LogP) is 0.901. The number of nitrogens with zero attached hydrogens (tertiary/aromatic N) is 1. The molecule has 3 amide bonds. The number of hydrogen-bond acceptors (Lipinski definition) is 4. The molecule has 1 N–H and O–H groups in total. The van der Waals surface area contributed by atoms with Crippen molar-refractivity contribution in [1.29, 1.82) is 0 Å². The zero-order valence-corrected chi connectivity index (χ0v) is 12.3. The summed E-state index contributed by atoms with van der Waals surface area (Å²) in [4.78, 5) is 26.3. The average molecular weight is 282 g/mol. The second kappa shape index (κ2) is 4.43. The third kappa shape index (κ3) is 2.67. The third-order valence-corrected chi connectivity index (χ3v) is 3.97. The van der Waals surface area contributed by atoms with Gasteiger partial charge in [-0.3, -0.25) is 10.1 Å². The minimum atomic E-state index is -0.799. The number of urea groups is 1. The summed E-state index contributed by atoms with van der Waals surface area (Å²) >= 11 is 0. The molecule has 0 aliphatic carbocycles. The maximum atomic E-state index is 12.4. The second-order valence-electron chi connectivity index (χ2n) is 7.26. The Hall–Kier alpha value is -1.14. The van der Waals surface area contributed by atoms with E-state index in [1.165, 1.54) is 0 Å². The van der Waals surface area contributed by atoms with Crippen LogP contribution in [0.4, 0.5) is 4.79 Å². The van der Waals surface area contributed by atoms with Crippen LogP contribution in [0.3, 0.4) is 0 Å². The first-order chi connectivity index (χ1) is 9.30. The SMILES string of the molecule is CC(C)(C)CN1C(=O)NC(=O)C1(CC1CO1)CC1CO1. The van der Waals surface area contributed by atoms with Crippen molar-refractivity contribution in [2.45, 2.75) is 51.4 Å². The minimum Gasteiger partial charge on any atom is -0.373 e. The minimum absolute atomic E-state index is 0.0674. The highest BCUT2D eigenvalue weighted by molar-refractivity contribution is 6.07. The maximum Gasteiger partial charge on any atom is 0.325 e. The molecule has 3 rings (SSSR count). The Morgan fingerprint density at radius 2 is 1.70 bits per heavy atom. The standard InChI is InChI=1S/C14H22N2O4/c1-13(2,3)8-16-12(18)15-11(17)14(16,4-9-6-19-9)5-10-7-20-10/h9-10H,4-8H2,1-3H3,(H,15,17,18). The molecule has 0 bridgehead atoms. The predicted molar refractivity (Wildman–Crippen MR) is 71.1 cm³/mol. The van der Waals surface area contributed by atoms with E-state index in [0.29, 0.717) is 32.6 Å². The number of amides is 3. The summed E-state index contributed by atoms with van der Waals surface area (Å²) in [6.07, 6.45) is 1.32. The van der Waals surface area contributed by atoms with Crippen LogP contribution in [0.5, 0.6) is 0 Å². The Morgan fingerprint density at radius 1 is 1.20 bits per heavy atom. The largest absolute Gasteiger partial charge is 0.373 e. The summed E-state index contributed by atoms with van der Waals surface area (Å²) in [6, 6.07) is -0.286. The number of rotatable bonds is 5. The lowest BCUT2D eigenvalue weighted by Crippen LogP contribution is -2.54. The normalized spacial score (nSPS) is 36.2. The highest BCUT2D eigenvalue weighted by Gasteiger charge is 2.57. The molecular weight excluding hydrogens is 260 g/mol. The molecule has 20 heavy (non-hydrogen) atoms. The van der Waals surface area contributed by atoms with E-state index in [4.69, 9.17) is 9.47 Å². The Morgan fingerprint density at radius 3 is 2.10 bits per heavy atom. The van der Waals surface area contributed by atoms with Crippen LogP contribution in [0.15, 0.2) is 0 Å². The molecule has 6 nitrogen and oxygen atoms in total. The van der Waals surface area contributed by atoms with E-state index in [0.717, 1.165) is 0 Å². The van der Waals surface area contributed by atoms with Crippen molar-refractivity contribution < 1.29 is 19.1 Å². The van der Waals surface area contributed by atoms with E-state index in [2.05, 4.69) is 26.1 Å². The van der Waals surface area contributed by atoms with Gasteiger partial charge in [0, 0.05) is 19.4 Å². The van der Waals surface area contributed by atoms with Crippen molar-refractivity contribution in [2.24, 2.45) is 5.41 Å². The molecule has 3 heterocycles. The van der Waals surface area contributed by atoms with Gasteiger partial charge in [0.1, 0.15) is 5.54 Å². The van der Waals surface area contributed by atoms with E-state index in [1.807, 2.05) is 0 Å². The number of imide groups is 1. The van der Waals surface area contributed by atoms with Crippen molar-refractivity contribution in [1.82, 2.24) is 10.2 Å². The lowest BCUT2D eigenvalue weighted by atomic mass is 9.84. The van der Waals surface area contributed by atoms with Gasteiger partial charge in [-0.15, -0.1) is 0 Å². The van der Waals surface area contributed by atoms with Crippen molar-refractivity contribution >= 4 is 11.9 Å². The zero-order chi connectivity index (χ0) is 14.5. The molecule has 3 fully saturated rings. The lowest BCUT2D eigenvalue weighted by Gasteiger charge is -2.38. The number of carbonyl (C=O) groups is 2. The number of carbonyl (C=O) groups excluding carboxylic acids is 2. The number of epoxide rings is 2. The Kier molecular flexibility index (Phi) is 3.06. The van der Waals surface area contributed by atoms with Gasteiger partial charge in [-0.05, 0) is 5.41 Å². The van der Waals surface area contributed by atoms with Crippen molar-refractivity contribution in [2.75, 3.05) is 19.8 Å². The van der Waals surface area contributed by atoms with Crippen LogP contribution in [0.1, 0.15) is 33.6 Å². The fourth-order valence-electron chi connectivity index (χ4n) is 2.91. The van der Waals surface area contributed by atoms with Crippen LogP contribution in [-0.2, 0) is 14.3 Å². The fourth-order valence-corrected chi connectivity index (χ4v) is 2.91. The summed E-state index contributed by atoms with van der Waals surface area (Å²) in [6.45, 7) is 8.10. The topological polar surface area (TPSA) is 74.5 Å². The second-order valence-corrected chi connectivity index (χ2v) is 7.26. The molecule has 3 aliphatic rings. The van der Waals surface area contributed by atoms with E-state index < -0.39 is 5.54 Å². The van der Waals surface area contributed by atoms with Crippen LogP contribution in [-0.4, -0.2) is 54.3 Å². The van der Waals surface area contributed by atoms with Crippen molar-refractivity contribution in [3.8, 4) is 0 Å². The molecular formula is C14H22N2O4. The Bertz CT molecular complexity index is 421. The molecule has 0 aromatic rings. The van der Waals surface area contributed by atoms with Crippen molar-refractivity contribution in [3.05, 3.63) is 0 Å². The van der Waals surface area contributed by atoms with Crippen LogP contribution >= 0.6 is 0 Å². The van der Waals surface area contributed by atoms with Crippen LogP contribution in [0.25, 0.3) is 0 Å². The van der Waals surface area contributed by atoms with E-state index >= 15 is 0 Å². The van der Waals surface area contributed by atoms with E-state index in [9.17, 15) is 9.59 Å². The zero-order valence-electron chi connectivity index (χ0n) is 12.3. The molecule has 2 unspecified atom stereocenters. The molecule has 0 aromatic carbocycles. The molecule has 0 saturated carbocycles. The maximum absolute atomic E-state index is 12.4. The number of ether oxygens (including phenoxy) is 2. The van der Waals surface area contributed by atoms with Gasteiger partial charge in [-0.2, -0.15) is 0 Å². The Balaban J connectivity index is 1.88. The molecule has 0 spiro atoms. The monoisotopic (exact) mass is 282 g/mol.